The highest BCUT2D eigenvalue weighted by Gasteiger charge is 2.12. The first-order valence-corrected chi connectivity index (χ1v) is 8.15. The molecule has 0 spiro atoms. The van der Waals surface area contributed by atoms with Crippen LogP contribution >= 0.6 is 0 Å². The zero-order valence-corrected chi connectivity index (χ0v) is 14.8. The van der Waals surface area contributed by atoms with E-state index in [1.54, 1.807) is 62.5 Å². The molecule has 1 aromatic carbocycles. The van der Waals surface area contributed by atoms with Crippen LogP contribution in [0.2, 0.25) is 0 Å². The lowest BCUT2D eigenvalue weighted by molar-refractivity contribution is 0.0734. The smallest absolute Gasteiger partial charge is 0.345 e. The van der Waals surface area contributed by atoms with Crippen LogP contribution < -0.4 is 10.2 Å². The van der Waals surface area contributed by atoms with Crippen LogP contribution in [0.15, 0.2) is 64.4 Å². The van der Waals surface area contributed by atoms with Crippen molar-refractivity contribution in [2.75, 3.05) is 0 Å². The Bertz CT molecular complexity index is 976. The summed E-state index contributed by atoms with van der Waals surface area (Å²) in [6.07, 6.45) is 4.51. The zero-order valence-electron chi connectivity index (χ0n) is 14.8. The number of esters is 1. The van der Waals surface area contributed by atoms with Crippen molar-refractivity contribution in [1.82, 2.24) is 10.4 Å². The van der Waals surface area contributed by atoms with Crippen LogP contribution in [0.3, 0.4) is 0 Å². The number of ether oxygens (including phenoxy) is 1. The Hall–Kier alpha value is -3.74. The van der Waals surface area contributed by atoms with Gasteiger partial charge in [-0.05, 0) is 61.9 Å². The number of hydrogen-bond donors (Lipinski definition) is 1. The molecule has 0 aliphatic carbocycles. The first kappa shape index (κ1) is 18.1. The Morgan fingerprint density at radius 1 is 1.19 bits per heavy atom. The minimum absolute atomic E-state index is 0.345. The van der Waals surface area contributed by atoms with Gasteiger partial charge < -0.3 is 9.15 Å². The fourth-order valence-electron chi connectivity index (χ4n) is 2.35. The van der Waals surface area contributed by atoms with Gasteiger partial charge in [-0.2, -0.15) is 5.10 Å². The van der Waals surface area contributed by atoms with E-state index < -0.39 is 5.97 Å². The van der Waals surface area contributed by atoms with Crippen molar-refractivity contribution in [2.24, 2.45) is 5.10 Å². The minimum Gasteiger partial charge on any atom is -0.466 e. The van der Waals surface area contributed by atoms with Crippen molar-refractivity contribution >= 4 is 18.1 Å². The summed E-state index contributed by atoms with van der Waals surface area (Å²) < 4.78 is 10.6. The monoisotopic (exact) mass is 363 g/mol. The molecular weight excluding hydrogens is 346 g/mol. The van der Waals surface area contributed by atoms with Crippen LogP contribution in [0.1, 0.15) is 37.8 Å². The Kier molecular flexibility index (Phi) is 5.41. The molecule has 1 N–H and O–H groups in total. The Morgan fingerprint density at radius 3 is 2.59 bits per heavy atom. The van der Waals surface area contributed by atoms with Gasteiger partial charge >= 0.3 is 5.97 Å². The van der Waals surface area contributed by atoms with Gasteiger partial charge in [0.2, 0.25) is 0 Å². The number of benzene rings is 1. The Morgan fingerprint density at radius 2 is 1.96 bits per heavy atom. The number of furan rings is 1. The van der Waals surface area contributed by atoms with E-state index in [4.69, 9.17) is 9.15 Å². The highest BCUT2D eigenvalue weighted by atomic mass is 16.5. The summed E-state index contributed by atoms with van der Waals surface area (Å²) in [6.45, 7) is 3.49. The molecule has 2 heterocycles. The summed E-state index contributed by atoms with van der Waals surface area (Å²) in [7, 11) is 0. The van der Waals surface area contributed by atoms with Crippen LogP contribution in [0, 0.1) is 13.8 Å². The molecule has 0 aliphatic heterocycles. The predicted octanol–water partition coefficient (Wildman–Crippen LogP) is 3.27. The molecule has 0 bridgehead atoms. The number of hydrazone groups is 1. The highest BCUT2D eigenvalue weighted by Crippen LogP contribution is 2.14. The molecule has 3 rings (SSSR count). The average molecular weight is 363 g/mol. The fraction of sp³-hybridized carbons (Fsp3) is 0.100. The maximum absolute atomic E-state index is 12.0. The van der Waals surface area contributed by atoms with Gasteiger partial charge in [-0.25, -0.2) is 10.2 Å². The molecular formula is C20H17N3O4. The van der Waals surface area contributed by atoms with Gasteiger partial charge in [0.25, 0.3) is 5.91 Å². The Labute approximate surface area is 155 Å². The summed E-state index contributed by atoms with van der Waals surface area (Å²) in [6, 6.07) is 11.7. The van der Waals surface area contributed by atoms with Gasteiger partial charge in [-0.15, -0.1) is 0 Å². The molecule has 2 aromatic heterocycles. The van der Waals surface area contributed by atoms with Crippen molar-refractivity contribution in [3.05, 3.63) is 83.1 Å². The molecule has 0 saturated heterocycles. The number of carbonyl (C=O) groups excluding carboxylic acids is 2. The van der Waals surface area contributed by atoms with Gasteiger partial charge in [-0.1, -0.05) is 0 Å². The van der Waals surface area contributed by atoms with E-state index in [0.29, 0.717) is 28.4 Å². The molecule has 7 nitrogen and oxygen atoms in total. The van der Waals surface area contributed by atoms with E-state index in [1.165, 1.54) is 12.4 Å². The van der Waals surface area contributed by atoms with Crippen molar-refractivity contribution in [3.63, 3.8) is 0 Å². The van der Waals surface area contributed by atoms with Crippen LogP contribution in [0.4, 0.5) is 0 Å². The van der Waals surface area contributed by atoms with Crippen LogP contribution in [-0.2, 0) is 0 Å². The van der Waals surface area contributed by atoms with Gasteiger partial charge in [-0.3, -0.25) is 9.78 Å². The number of hydrogen-bond acceptors (Lipinski definition) is 6. The molecule has 3 aromatic rings. The minimum atomic E-state index is -0.484. The first-order valence-electron chi connectivity index (χ1n) is 8.15. The first-order chi connectivity index (χ1) is 13.0. The maximum Gasteiger partial charge on any atom is 0.345 e. The number of carbonyl (C=O) groups is 2. The van der Waals surface area contributed by atoms with Crippen molar-refractivity contribution < 1.29 is 18.7 Å². The quantitative estimate of drug-likeness (QED) is 0.325. The lowest BCUT2D eigenvalue weighted by Gasteiger charge is -2.04. The predicted molar refractivity (Wildman–Crippen MR) is 98.9 cm³/mol. The molecule has 7 heteroatoms. The number of rotatable bonds is 5. The third-order valence-electron chi connectivity index (χ3n) is 3.65. The number of pyridine rings is 1. The lowest BCUT2D eigenvalue weighted by atomic mass is 10.2. The second-order valence-electron chi connectivity index (χ2n) is 5.73. The normalized spacial score (nSPS) is 10.7. The van der Waals surface area contributed by atoms with Crippen molar-refractivity contribution in [3.8, 4) is 5.75 Å². The van der Waals surface area contributed by atoms with Gasteiger partial charge in [0.1, 0.15) is 17.3 Å². The van der Waals surface area contributed by atoms with E-state index in [0.717, 1.165) is 5.56 Å². The summed E-state index contributed by atoms with van der Waals surface area (Å²) in [4.78, 5) is 27.9. The number of aryl methyl sites for hydroxylation is 2. The number of amides is 1. The standard InChI is InChI=1S/C20H17N3O4/c1-13-10-18(14(2)26-13)19(24)23-22-11-15-5-7-17(8-6-15)27-20(25)16-4-3-9-21-12-16/h3-12H,1-2H3,(H,23,24)/b22-11-. The van der Waals surface area contributed by atoms with Gasteiger partial charge in [0, 0.05) is 12.4 Å². The SMILES string of the molecule is Cc1cc(C(=O)N/N=C\c2ccc(OC(=O)c3cccnc3)cc2)c(C)o1. The number of aromatic nitrogens is 1. The molecule has 0 atom stereocenters. The van der Waals surface area contributed by atoms with Crippen molar-refractivity contribution in [2.45, 2.75) is 13.8 Å². The van der Waals surface area contributed by atoms with Crippen molar-refractivity contribution in [1.29, 1.82) is 0 Å². The van der Waals surface area contributed by atoms with Crippen LogP contribution in [-0.4, -0.2) is 23.1 Å². The third kappa shape index (κ3) is 4.66. The second-order valence-corrected chi connectivity index (χ2v) is 5.73. The van der Waals surface area contributed by atoms with E-state index in [9.17, 15) is 9.59 Å². The van der Waals surface area contributed by atoms with Gasteiger partial charge in [0.15, 0.2) is 0 Å². The largest absolute Gasteiger partial charge is 0.466 e. The molecule has 0 fully saturated rings. The summed E-state index contributed by atoms with van der Waals surface area (Å²) >= 11 is 0. The number of nitrogens with zero attached hydrogens (tertiary/aromatic N) is 2. The fourth-order valence-corrected chi connectivity index (χ4v) is 2.35. The highest BCUT2D eigenvalue weighted by molar-refractivity contribution is 5.96. The summed E-state index contributed by atoms with van der Waals surface area (Å²) in [5.74, 6) is 0.776. The average Bonchev–Trinajstić information content (AvgIpc) is 3.02. The third-order valence-corrected chi connectivity index (χ3v) is 3.65. The lowest BCUT2D eigenvalue weighted by Crippen LogP contribution is -2.17. The van der Waals surface area contributed by atoms with E-state index >= 15 is 0 Å². The molecule has 0 unspecified atom stereocenters. The van der Waals surface area contributed by atoms with Gasteiger partial charge in [0.05, 0.1) is 17.3 Å². The van der Waals surface area contributed by atoms with E-state index in [1.807, 2.05) is 0 Å². The topological polar surface area (TPSA) is 93.8 Å². The maximum atomic E-state index is 12.0. The zero-order chi connectivity index (χ0) is 19.2. The molecule has 0 aliphatic rings. The molecule has 136 valence electrons. The van der Waals surface area contributed by atoms with Crippen LogP contribution in [0.5, 0.6) is 5.75 Å². The summed E-state index contributed by atoms with van der Waals surface area (Å²) in [5, 5.41) is 3.92. The summed E-state index contributed by atoms with van der Waals surface area (Å²) in [5.41, 5.74) is 4.00. The molecule has 1 amide bonds. The number of nitrogens with one attached hydrogen (secondary N) is 1. The van der Waals surface area contributed by atoms with E-state index in [2.05, 4.69) is 15.5 Å². The van der Waals surface area contributed by atoms with E-state index in [-0.39, 0.29) is 5.91 Å². The molecule has 27 heavy (non-hydrogen) atoms. The van der Waals surface area contributed by atoms with Crippen LogP contribution in [0.25, 0.3) is 0 Å². The molecule has 0 saturated carbocycles. The second kappa shape index (κ2) is 8.09. The Balaban J connectivity index is 1.57. The molecule has 0 radical (unpaired) electrons.